The third-order valence-electron chi connectivity index (χ3n) is 7.53. The lowest BCUT2D eigenvalue weighted by molar-refractivity contribution is -0.146. The van der Waals surface area contributed by atoms with Crippen LogP contribution in [0.4, 0.5) is 0 Å². The molecule has 3 aromatic rings. The summed E-state index contributed by atoms with van der Waals surface area (Å²) in [5.41, 5.74) is 3.16. The highest BCUT2D eigenvalue weighted by Crippen LogP contribution is 2.36. The summed E-state index contributed by atoms with van der Waals surface area (Å²) in [6, 6.07) is 16.2. The zero-order valence-corrected chi connectivity index (χ0v) is 20.2. The monoisotopic (exact) mass is 487 g/mol. The van der Waals surface area contributed by atoms with Crippen molar-refractivity contribution in [1.29, 1.82) is 0 Å². The number of aliphatic hydroxyl groups is 1. The van der Waals surface area contributed by atoms with E-state index in [4.69, 9.17) is 14.1 Å². The number of ether oxygens (including phenoxy) is 1. The molecular formula is C28H29N3O5. The number of aliphatic imine (C=N–C) groups is 1. The van der Waals surface area contributed by atoms with Gasteiger partial charge in [0.2, 0.25) is 0 Å². The first kappa shape index (κ1) is 22.9. The highest BCUT2D eigenvalue weighted by Gasteiger charge is 2.50. The van der Waals surface area contributed by atoms with Gasteiger partial charge >= 0.3 is 0 Å². The molecule has 6 rings (SSSR count). The van der Waals surface area contributed by atoms with Crippen LogP contribution in [0, 0.1) is 5.92 Å². The highest BCUT2D eigenvalue weighted by molar-refractivity contribution is 6.15. The van der Waals surface area contributed by atoms with Crippen LogP contribution in [0.15, 0.2) is 64.2 Å². The number of aliphatic hydroxyl groups excluding tert-OH is 1. The molecule has 0 bridgehead atoms. The van der Waals surface area contributed by atoms with Crippen molar-refractivity contribution in [2.45, 2.75) is 31.4 Å². The van der Waals surface area contributed by atoms with Crippen LogP contribution in [0.5, 0.6) is 0 Å². The maximum Gasteiger partial charge on any atom is 0.256 e. The third-order valence-corrected chi connectivity index (χ3v) is 7.53. The number of benzene rings is 2. The van der Waals surface area contributed by atoms with Gasteiger partial charge in [-0.15, -0.1) is 0 Å². The van der Waals surface area contributed by atoms with Gasteiger partial charge in [0.15, 0.2) is 0 Å². The molecule has 2 aromatic carbocycles. The van der Waals surface area contributed by atoms with Gasteiger partial charge < -0.3 is 19.2 Å². The average molecular weight is 488 g/mol. The van der Waals surface area contributed by atoms with Crippen LogP contribution < -0.4 is 0 Å². The van der Waals surface area contributed by atoms with E-state index in [2.05, 4.69) is 18.2 Å². The predicted octanol–water partition coefficient (Wildman–Crippen LogP) is 3.08. The van der Waals surface area contributed by atoms with Crippen LogP contribution in [0.3, 0.4) is 0 Å². The zero-order chi connectivity index (χ0) is 24.9. The molecule has 1 atom stereocenters. The summed E-state index contributed by atoms with van der Waals surface area (Å²) in [5, 5.41) is 10.6. The van der Waals surface area contributed by atoms with Gasteiger partial charge in [-0.3, -0.25) is 19.5 Å². The molecule has 186 valence electrons. The molecule has 2 amide bonds. The number of carbonyl (C=O) groups is 2. The second kappa shape index (κ2) is 8.87. The van der Waals surface area contributed by atoms with Crippen molar-refractivity contribution in [3.05, 3.63) is 60.4 Å². The number of amidine groups is 1. The lowest BCUT2D eigenvalue weighted by atomic mass is 9.90. The SMILES string of the molecule is CC(O)C(=O)N1CC(CN2C(=O)C3(CCOCC3)N=C2c2ccc(-c3ccc4occc4c3)cc2)C1. The molecule has 0 saturated carbocycles. The van der Waals surface area contributed by atoms with E-state index >= 15 is 0 Å². The molecule has 0 aliphatic carbocycles. The maximum absolute atomic E-state index is 13.7. The number of rotatable bonds is 5. The Bertz CT molecular complexity index is 1330. The molecule has 8 nitrogen and oxygen atoms in total. The first-order chi connectivity index (χ1) is 17.4. The quantitative estimate of drug-likeness (QED) is 0.597. The molecule has 1 spiro atoms. The molecule has 0 radical (unpaired) electrons. The zero-order valence-electron chi connectivity index (χ0n) is 20.2. The molecule has 2 fully saturated rings. The minimum Gasteiger partial charge on any atom is -0.464 e. The van der Waals surface area contributed by atoms with Crippen LogP contribution in [-0.2, 0) is 14.3 Å². The van der Waals surface area contributed by atoms with Crippen LogP contribution in [0.25, 0.3) is 22.1 Å². The van der Waals surface area contributed by atoms with Crippen molar-refractivity contribution < 1.29 is 23.8 Å². The van der Waals surface area contributed by atoms with E-state index in [0.717, 1.165) is 27.7 Å². The number of amides is 2. The van der Waals surface area contributed by atoms with Crippen molar-refractivity contribution >= 4 is 28.6 Å². The second-order valence-electron chi connectivity index (χ2n) is 10.0. The highest BCUT2D eigenvalue weighted by atomic mass is 16.5. The fourth-order valence-corrected chi connectivity index (χ4v) is 5.43. The molecule has 1 unspecified atom stereocenters. The largest absolute Gasteiger partial charge is 0.464 e. The molecule has 8 heteroatoms. The van der Waals surface area contributed by atoms with Crippen LogP contribution in [0.1, 0.15) is 25.3 Å². The van der Waals surface area contributed by atoms with Crippen LogP contribution in [-0.4, -0.2) is 77.0 Å². The number of nitrogens with zero attached hydrogens (tertiary/aromatic N) is 3. The normalized spacial score (nSPS) is 20.6. The summed E-state index contributed by atoms with van der Waals surface area (Å²) >= 11 is 0. The van der Waals surface area contributed by atoms with E-state index in [9.17, 15) is 14.7 Å². The van der Waals surface area contributed by atoms with Crippen molar-refractivity contribution in [3.63, 3.8) is 0 Å². The fourth-order valence-electron chi connectivity index (χ4n) is 5.43. The minimum absolute atomic E-state index is 0.0237. The van der Waals surface area contributed by atoms with E-state index in [0.29, 0.717) is 51.5 Å². The molecular weight excluding hydrogens is 458 g/mol. The van der Waals surface area contributed by atoms with E-state index in [1.54, 1.807) is 11.2 Å². The summed E-state index contributed by atoms with van der Waals surface area (Å²) in [6.07, 6.45) is 1.84. The molecule has 1 N–H and O–H groups in total. The number of carbonyl (C=O) groups excluding carboxylic acids is 2. The molecule has 3 aliphatic rings. The fraction of sp³-hybridized carbons (Fsp3) is 0.393. The van der Waals surface area contributed by atoms with Gasteiger partial charge in [0.1, 0.15) is 23.1 Å². The van der Waals surface area contributed by atoms with Gasteiger partial charge in [-0.1, -0.05) is 30.3 Å². The Hall–Kier alpha value is -3.49. The Kier molecular flexibility index (Phi) is 5.65. The standard InChI is InChI=1S/C28H29N3O5/c1-18(32)26(33)30-15-19(16-30)17-31-25(29-28(27(31)34)9-12-35-13-10-28)21-4-2-20(3-5-21)22-6-7-24-23(14-22)8-11-36-24/h2-8,11,14,18-19,32H,9-10,12-13,15-17H2,1H3. The minimum atomic E-state index is -1.00. The molecule has 2 saturated heterocycles. The second-order valence-corrected chi connectivity index (χ2v) is 10.0. The maximum atomic E-state index is 13.7. The van der Waals surface area contributed by atoms with E-state index in [-0.39, 0.29) is 17.7 Å². The molecule has 4 heterocycles. The number of hydrogen-bond donors (Lipinski definition) is 1. The van der Waals surface area contributed by atoms with E-state index in [1.165, 1.54) is 6.92 Å². The van der Waals surface area contributed by atoms with Crippen LogP contribution >= 0.6 is 0 Å². The Morgan fingerprint density at radius 1 is 1.08 bits per heavy atom. The van der Waals surface area contributed by atoms with E-state index < -0.39 is 11.6 Å². The molecule has 3 aliphatic heterocycles. The lowest BCUT2D eigenvalue weighted by Crippen LogP contribution is -2.57. The first-order valence-corrected chi connectivity index (χ1v) is 12.5. The third kappa shape index (κ3) is 3.90. The van der Waals surface area contributed by atoms with Crippen molar-refractivity contribution in [3.8, 4) is 11.1 Å². The Balaban J connectivity index is 1.26. The average Bonchev–Trinajstić information content (AvgIpc) is 3.44. The number of hydrogen-bond acceptors (Lipinski definition) is 6. The Morgan fingerprint density at radius 3 is 2.50 bits per heavy atom. The summed E-state index contributed by atoms with van der Waals surface area (Å²) in [7, 11) is 0. The summed E-state index contributed by atoms with van der Waals surface area (Å²) in [6.45, 7) is 4.09. The number of fused-ring (bicyclic) bond motifs is 1. The van der Waals surface area contributed by atoms with Crippen molar-refractivity contribution in [2.75, 3.05) is 32.8 Å². The van der Waals surface area contributed by atoms with E-state index in [1.807, 2.05) is 35.2 Å². The molecule has 1 aromatic heterocycles. The topological polar surface area (TPSA) is 95.6 Å². The summed E-state index contributed by atoms with van der Waals surface area (Å²) < 4.78 is 11.0. The Morgan fingerprint density at radius 2 is 1.78 bits per heavy atom. The summed E-state index contributed by atoms with van der Waals surface area (Å²) in [4.78, 5) is 34.2. The predicted molar refractivity (Wildman–Crippen MR) is 134 cm³/mol. The number of likely N-dealkylation sites (tertiary alicyclic amines) is 1. The van der Waals surface area contributed by atoms with Gasteiger partial charge in [-0.2, -0.15) is 0 Å². The first-order valence-electron chi connectivity index (χ1n) is 12.5. The summed E-state index contributed by atoms with van der Waals surface area (Å²) in [5.74, 6) is 0.602. The van der Waals surface area contributed by atoms with Crippen molar-refractivity contribution in [2.24, 2.45) is 10.9 Å². The van der Waals surface area contributed by atoms with Crippen LogP contribution in [0.2, 0.25) is 0 Å². The van der Waals surface area contributed by atoms with Gasteiger partial charge in [-0.25, -0.2) is 0 Å². The van der Waals surface area contributed by atoms with Gasteiger partial charge in [0.05, 0.1) is 6.26 Å². The lowest BCUT2D eigenvalue weighted by Gasteiger charge is -2.42. The van der Waals surface area contributed by atoms with Gasteiger partial charge in [-0.05, 0) is 36.2 Å². The Labute approximate surface area is 209 Å². The van der Waals surface area contributed by atoms with Gasteiger partial charge in [0.25, 0.3) is 11.8 Å². The number of furan rings is 1. The van der Waals surface area contributed by atoms with Gasteiger partial charge in [0, 0.05) is 62.6 Å². The molecule has 36 heavy (non-hydrogen) atoms. The van der Waals surface area contributed by atoms with Crippen molar-refractivity contribution in [1.82, 2.24) is 9.80 Å². The smallest absolute Gasteiger partial charge is 0.256 e.